The summed E-state index contributed by atoms with van der Waals surface area (Å²) in [6.07, 6.45) is 0.233. The second-order valence-electron chi connectivity index (χ2n) is 6.34. The molecule has 6 heteroatoms. The van der Waals surface area contributed by atoms with Crippen LogP contribution in [0.4, 0.5) is 0 Å². The van der Waals surface area contributed by atoms with Crippen LogP contribution in [-0.4, -0.2) is 39.6 Å². The normalized spacial score (nSPS) is 13.1. The number of nitrogens with one attached hydrogen (secondary N) is 1. The van der Waals surface area contributed by atoms with Crippen molar-refractivity contribution in [2.75, 3.05) is 13.7 Å². The number of primary amides is 1. The molecular weight excluding hydrogens is 272 g/mol. The fourth-order valence-corrected chi connectivity index (χ4v) is 2.07. The minimum atomic E-state index is -1.71. The summed E-state index contributed by atoms with van der Waals surface area (Å²) < 4.78 is 4.69. The zero-order valence-electron chi connectivity index (χ0n) is 13.3. The lowest BCUT2D eigenvalue weighted by Gasteiger charge is -2.31. The Labute approximate surface area is 122 Å². The van der Waals surface area contributed by atoms with Crippen LogP contribution in [0.2, 0.25) is 18.1 Å². The van der Waals surface area contributed by atoms with Crippen LogP contribution in [0, 0.1) is 11.5 Å². The van der Waals surface area contributed by atoms with E-state index in [-0.39, 0.29) is 24.0 Å². The molecule has 114 valence electrons. The molecule has 0 aromatic heterocycles. The van der Waals surface area contributed by atoms with Gasteiger partial charge in [-0.25, -0.2) is 0 Å². The molecule has 1 atom stereocenters. The minimum Gasteiger partial charge on any atom is -0.375 e. The van der Waals surface area contributed by atoms with Crippen molar-refractivity contribution in [2.45, 2.75) is 51.4 Å². The number of hydrogen-bond donors (Lipinski definition) is 2. The first-order chi connectivity index (χ1) is 9.01. The van der Waals surface area contributed by atoms with Crippen LogP contribution < -0.4 is 11.1 Å². The van der Waals surface area contributed by atoms with E-state index in [4.69, 9.17) is 10.5 Å². The van der Waals surface area contributed by atoms with Crippen LogP contribution in [0.15, 0.2) is 0 Å². The van der Waals surface area contributed by atoms with Crippen LogP contribution in [0.1, 0.15) is 27.2 Å². The van der Waals surface area contributed by atoms with Gasteiger partial charge in [0.2, 0.25) is 11.8 Å². The third-order valence-electron chi connectivity index (χ3n) is 3.54. The van der Waals surface area contributed by atoms with Crippen molar-refractivity contribution < 1.29 is 14.3 Å². The number of methoxy groups -OCH3 is 1. The predicted molar refractivity (Wildman–Crippen MR) is 82.6 cm³/mol. The van der Waals surface area contributed by atoms with E-state index in [1.54, 1.807) is 0 Å². The van der Waals surface area contributed by atoms with E-state index >= 15 is 0 Å². The van der Waals surface area contributed by atoms with Gasteiger partial charge >= 0.3 is 0 Å². The molecule has 0 unspecified atom stereocenters. The van der Waals surface area contributed by atoms with Crippen molar-refractivity contribution in [2.24, 2.45) is 5.73 Å². The molecule has 0 aromatic rings. The number of carbonyl (C=O) groups excluding carboxylic acids is 2. The molecule has 0 bridgehead atoms. The molecule has 0 aliphatic heterocycles. The zero-order chi connectivity index (χ0) is 16.0. The maximum absolute atomic E-state index is 11.4. The quantitative estimate of drug-likeness (QED) is 0.588. The van der Waals surface area contributed by atoms with Gasteiger partial charge in [0.1, 0.15) is 20.7 Å². The SMILES string of the molecule is COCC(=O)N[C@H](CC#C[Si](C)(C)C(C)(C)C)C(N)=O. The molecule has 0 heterocycles. The Morgan fingerprint density at radius 2 is 1.90 bits per heavy atom. The van der Waals surface area contributed by atoms with E-state index in [1.807, 2.05) is 0 Å². The van der Waals surface area contributed by atoms with Gasteiger partial charge in [-0.05, 0) is 5.04 Å². The first-order valence-corrected chi connectivity index (χ1v) is 9.59. The molecular formula is C14H26N2O3Si. The number of hydrogen-bond acceptors (Lipinski definition) is 3. The Morgan fingerprint density at radius 1 is 1.35 bits per heavy atom. The van der Waals surface area contributed by atoms with Gasteiger partial charge in [0.15, 0.2) is 0 Å². The summed E-state index contributed by atoms with van der Waals surface area (Å²) in [5.74, 6) is 2.06. The first kappa shape index (κ1) is 18.7. The molecule has 0 radical (unpaired) electrons. The highest BCUT2D eigenvalue weighted by Gasteiger charge is 2.33. The minimum absolute atomic E-state index is 0.0978. The van der Waals surface area contributed by atoms with E-state index in [2.05, 4.69) is 50.6 Å². The monoisotopic (exact) mass is 298 g/mol. The van der Waals surface area contributed by atoms with E-state index in [1.165, 1.54) is 7.11 Å². The summed E-state index contributed by atoms with van der Waals surface area (Å²) in [4.78, 5) is 22.7. The van der Waals surface area contributed by atoms with Gasteiger partial charge < -0.3 is 15.8 Å². The van der Waals surface area contributed by atoms with Gasteiger partial charge in [-0.3, -0.25) is 9.59 Å². The Hall–Kier alpha value is -1.32. The molecule has 0 aliphatic carbocycles. The number of rotatable bonds is 5. The molecule has 0 saturated carbocycles. The lowest BCUT2D eigenvalue weighted by Crippen LogP contribution is -2.45. The lowest BCUT2D eigenvalue weighted by atomic mass is 10.2. The van der Waals surface area contributed by atoms with Gasteiger partial charge in [-0.15, -0.1) is 11.5 Å². The molecule has 0 saturated heterocycles. The Balaban J connectivity index is 4.74. The molecule has 5 nitrogen and oxygen atoms in total. The van der Waals surface area contributed by atoms with Crippen molar-refractivity contribution in [3.8, 4) is 11.5 Å². The van der Waals surface area contributed by atoms with Crippen LogP contribution in [0.25, 0.3) is 0 Å². The zero-order valence-corrected chi connectivity index (χ0v) is 14.3. The second kappa shape index (κ2) is 7.46. The maximum atomic E-state index is 11.4. The molecule has 0 rings (SSSR count). The Morgan fingerprint density at radius 3 is 2.30 bits per heavy atom. The first-order valence-electron chi connectivity index (χ1n) is 6.59. The van der Waals surface area contributed by atoms with Crippen LogP contribution >= 0.6 is 0 Å². The largest absolute Gasteiger partial charge is 0.375 e. The molecule has 0 aliphatic rings. The van der Waals surface area contributed by atoms with E-state index < -0.39 is 20.0 Å². The molecule has 0 spiro atoms. The maximum Gasteiger partial charge on any atom is 0.246 e. The fraction of sp³-hybridized carbons (Fsp3) is 0.714. The number of amides is 2. The van der Waals surface area contributed by atoms with Crippen molar-refractivity contribution in [1.82, 2.24) is 5.32 Å². The highest BCUT2D eigenvalue weighted by molar-refractivity contribution is 6.87. The Bertz CT molecular complexity index is 416. The third kappa shape index (κ3) is 6.22. The molecule has 0 aromatic carbocycles. The van der Waals surface area contributed by atoms with Crippen molar-refractivity contribution in [3.63, 3.8) is 0 Å². The molecule has 2 amide bonds. The standard InChI is InChI=1S/C14H26N2O3Si/c1-14(2,3)20(5,6)9-7-8-11(13(15)18)16-12(17)10-19-4/h11H,8,10H2,1-6H3,(H2,15,18)(H,16,17)/t11-/m1/s1. The van der Waals surface area contributed by atoms with Gasteiger partial charge in [0.25, 0.3) is 0 Å². The average molecular weight is 298 g/mol. The van der Waals surface area contributed by atoms with Gasteiger partial charge in [-0.1, -0.05) is 33.9 Å². The number of ether oxygens (including phenoxy) is 1. The summed E-state index contributed by atoms with van der Waals surface area (Å²) in [7, 11) is -0.299. The summed E-state index contributed by atoms with van der Waals surface area (Å²) in [5.41, 5.74) is 8.55. The van der Waals surface area contributed by atoms with Gasteiger partial charge in [-0.2, -0.15) is 0 Å². The number of nitrogens with two attached hydrogens (primary N) is 1. The van der Waals surface area contributed by atoms with Gasteiger partial charge in [0, 0.05) is 13.5 Å². The topological polar surface area (TPSA) is 81.4 Å². The highest BCUT2D eigenvalue weighted by Crippen LogP contribution is 2.35. The van der Waals surface area contributed by atoms with E-state index in [9.17, 15) is 9.59 Å². The molecule has 20 heavy (non-hydrogen) atoms. The predicted octanol–water partition coefficient (Wildman–Crippen LogP) is 1.04. The van der Waals surface area contributed by atoms with Crippen LogP contribution in [-0.2, 0) is 14.3 Å². The van der Waals surface area contributed by atoms with E-state index in [0.29, 0.717) is 0 Å². The number of carbonyl (C=O) groups is 2. The fourth-order valence-electron chi connectivity index (χ4n) is 1.15. The van der Waals surface area contributed by atoms with Crippen LogP contribution in [0.5, 0.6) is 0 Å². The summed E-state index contributed by atoms with van der Waals surface area (Å²) in [6, 6.07) is -0.769. The van der Waals surface area contributed by atoms with E-state index in [0.717, 1.165) is 0 Å². The summed E-state index contributed by atoms with van der Waals surface area (Å²) in [5, 5.41) is 2.67. The molecule has 3 N–H and O–H groups in total. The lowest BCUT2D eigenvalue weighted by molar-refractivity contribution is -0.129. The van der Waals surface area contributed by atoms with Crippen molar-refractivity contribution >= 4 is 19.9 Å². The second-order valence-corrected chi connectivity index (χ2v) is 11.3. The van der Waals surface area contributed by atoms with Crippen LogP contribution in [0.3, 0.4) is 0 Å². The van der Waals surface area contributed by atoms with Crippen molar-refractivity contribution in [1.29, 1.82) is 0 Å². The van der Waals surface area contributed by atoms with Gasteiger partial charge in [0.05, 0.1) is 0 Å². The smallest absolute Gasteiger partial charge is 0.246 e. The third-order valence-corrected chi connectivity index (χ3v) is 8.09. The summed E-state index contributed by atoms with van der Waals surface area (Å²) >= 11 is 0. The van der Waals surface area contributed by atoms with Crippen molar-refractivity contribution in [3.05, 3.63) is 0 Å². The molecule has 0 fully saturated rings. The Kier molecular flexibility index (Phi) is 6.96. The average Bonchev–Trinajstić information content (AvgIpc) is 2.26. The summed E-state index contributed by atoms with van der Waals surface area (Å²) in [6.45, 7) is 10.8. The highest BCUT2D eigenvalue weighted by atomic mass is 28.3.